The highest BCUT2D eigenvalue weighted by Gasteiger charge is 2.20. The van der Waals surface area contributed by atoms with Gasteiger partial charge >= 0.3 is 0 Å². The third-order valence-electron chi connectivity index (χ3n) is 3.66. The summed E-state index contributed by atoms with van der Waals surface area (Å²) in [5, 5.41) is 9.30. The third kappa shape index (κ3) is 3.75. The maximum absolute atomic E-state index is 12.5. The van der Waals surface area contributed by atoms with E-state index < -0.39 is 9.84 Å². The summed E-state index contributed by atoms with van der Waals surface area (Å²) >= 11 is 0. The molecule has 6 nitrogen and oxygen atoms in total. The zero-order valence-corrected chi connectivity index (χ0v) is 14.2. The van der Waals surface area contributed by atoms with E-state index in [0.717, 1.165) is 0 Å². The Morgan fingerprint density at radius 2 is 1.92 bits per heavy atom. The van der Waals surface area contributed by atoms with Crippen LogP contribution in [0, 0.1) is 11.3 Å². The van der Waals surface area contributed by atoms with Crippen molar-refractivity contribution in [1.29, 1.82) is 5.26 Å². The number of benzene rings is 2. The van der Waals surface area contributed by atoms with E-state index in [1.165, 1.54) is 13.2 Å². The summed E-state index contributed by atoms with van der Waals surface area (Å²) in [6, 6.07) is 13.4. The molecule has 0 aliphatic carbocycles. The van der Waals surface area contributed by atoms with Crippen LogP contribution in [-0.4, -0.2) is 22.3 Å². The van der Waals surface area contributed by atoms with Crippen LogP contribution < -0.4 is 14.2 Å². The number of nitriles is 1. The molecule has 1 aliphatic heterocycles. The first-order valence-corrected chi connectivity index (χ1v) is 9.04. The van der Waals surface area contributed by atoms with Crippen molar-refractivity contribution in [2.45, 2.75) is 5.75 Å². The van der Waals surface area contributed by atoms with Gasteiger partial charge in [0.1, 0.15) is 16.7 Å². The number of ether oxygens (including phenoxy) is 3. The fourth-order valence-electron chi connectivity index (χ4n) is 2.36. The molecule has 0 radical (unpaired) electrons. The second kappa shape index (κ2) is 6.87. The Labute approximate surface area is 145 Å². The van der Waals surface area contributed by atoms with E-state index >= 15 is 0 Å². The summed E-state index contributed by atoms with van der Waals surface area (Å²) < 4.78 is 40.6. The average Bonchev–Trinajstić information content (AvgIpc) is 3.07. The van der Waals surface area contributed by atoms with Crippen molar-refractivity contribution in [1.82, 2.24) is 0 Å². The largest absolute Gasteiger partial charge is 0.497 e. The van der Waals surface area contributed by atoms with Crippen molar-refractivity contribution in [2.75, 3.05) is 13.9 Å². The Balaban J connectivity index is 1.86. The lowest BCUT2D eigenvalue weighted by molar-refractivity contribution is 0.174. The van der Waals surface area contributed by atoms with Crippen molar-refractivity contribution >= 4 is 15.9 Å². The molecule has 0 atom stereocenters. The monoisotopic (exact) mass is 357 g/mol. The van der Waals surface area contributed by atoms with Crippen molar-refractivity contribution in [3.63, 3.8) is 0 Å². The third-order valence-corrected chi connectivity index (χ3v) is 5.25. The average molecular weight is 357 g/mol. The minimum absolute atomic E-state index is 0.128. The standard InChI is InChI=1S/C18H15NO5S/c1-22-15-5-2-13(3-6-15)11-25(20,21)16(10-19)8-14-4-7-17-18(9-14)24-12-23-17/h2-9H,11-12H2,1H3/b16-8+. The first-order valence-electron chi connectivity index (χ1n) is 7.39. The van der Waals surface area contributed by atoms with E-state index in [9.17, 15) is 13.7 Å². The molecule has 2 aromatic rings. The van der Waals surface area contributed by atoms with Crippen LogP contribution in [0.25, 0.3) is 6.08 Å². The van der Waals surface area contributed by atoms with Crippen molar-refractivity contribution in [3.8, 4) is 23.3 Å². The SMILES string of the molecule is COc1ccc(CS(=O)(=O)/C(C#N)=C/c2ccc3c(c2)OCO3)cc1. The molecule has 3 rings (SSSR count). The van der Waals surface area contributed by atoms with E-state index in [4.69, 9.17) is 14.2 Å². The fourth-order valence-corrected chi connectivity index (χ4v) is 3.61. The molecule has 1 heterocycles. The molecule has 1 aliphatic rings. The minimum atomic E-state index is -3.77. The van der Waals surface area contributed by atoms with Gasteiger partial charge in [-0.3, -0.25) is 0 Å². The van der Waals surface area contributed by atoms with Gasteiger partial charge in [0.05, 0.1) is 12.9 Å². The number of hydrogen-bond acceptors (Lipinski definition) is 6. The molecule has 128 valence electrons. The number of nitrogens with zero attached hydrogens (tertiary/aromatic N) is 1. The summed E-state index contributed by atoms with van der Waals surface area (Å²) in [7, 11) is -2.23. The van der Waals surface area contributed by atoms with Crippen LogP contribution in [0.3, 0.4) is 0 Å². The van der Waals surface area contributed by atoms with Gasteiger partial charge in [0.15, 0.2) is 21.3 Å². The minimum Gasteiger partial charge on any atom is -0.497 e. The Kier molecular flexibility index (Phi) is 4.63. The lowest BCUT2D eigenvalue weighted by Gasteiger charge is -2.05. The number of hydrogen-bond donors (Lipinski definition) is 0. The predicted octanol–water partition coefficient (Wildman–Crippen LogP) is 2.90. The Morgan fingerprint density at radius 1 is 1.20 bits per heavy atom. The van der Waals surface area contributed by atoms with Crippen LogP contribution in [0.5, 0.6) is 17.2 Å². The Bertz CT molecular complexity index is 956. The molecular formula is C18H15NO5S. The number of allylic oxidation sites excluding steroid dienone is 1. The van der Waals surface area contributed by atoms with Crippen LogP contribution in [0.15, 0.2) is 47.4 Å². The molecule has 0 amide bonds. The lowest BCUT2D eigenvalue weighted by Crippen LogP contribution is -2.06. The highest BCUT2D eigenvalue weighted by atomic mass is 32.2. The van der Waals surface area contributed by atoms with Gasteiger partial charge in [0.2, 0.25) is 6.79 Å². The van der Waals surface area contributed by atoms with Gasteiger partial charge in [0, 0.05) is 0 Å². The molecule has 0 saturated heterocycles. The summed E-state index contributed by atoms with van der Waals surface area (Å²) in [6.45, 7) is 0.128. The molecule has 0 aromatic heterocycles. The lowest BCUT2D eigenvalue weighted by atomic mass is 10.2. The highest BCUT2D eigenvalue weighted by Crippen LogP contribution is 2.33. The van der Waals surface area contributed by atoms with Gasteiger partial charge in [-0.2, -0.15) is 5.26 Å². The van der Waals surface area contributed by atoms with Crippen LogP contribution in [-0.2, 0) is 15.6 Å². The van der Waals surface area contributed by atoms with E-state index in [1.54, 1.807) is 48.5 Å². The maximum atomic E-state index is 12.5. The number of methoxy groups -OCH3 is 1. The summed E-state index contributed by atoms with van der Waals surface area (Å²) in [4.78, 5) is -0.304. The van der Waals surface area contributed by atoms with Gasteiger partial charge in [-0.1, -0.05) is 18.2 Å². The first-order chi connectivity index (χ1) is 12.0. The van der Waals surface area contributed by atoms with Crippen LogP contribution in [0.4, 0.5) is 0 Å². The van der Waals surface area contributed by atoms with Gasteiger partial charge in [-0.05, 0) is 41.5 Å². The number of rotatable bonds is 5. The topological polar surface area (TPSA) is 85.6 Å². The summed E-state index contributed by atoms with van der Waals surface area (Å²) in [5.74, 6) is 1.49. The Morgan fingerprint density at radius 3 is 2.60 bits per heavy atom. The normalized spacial score (nSPS) is 13.4. The molecular weight excluding hydrogens is 342 g/mol. The van der Waals surface area contributed by atoms with Gasteiger partial charge in [0.25, 0.3) is 0 Å². The molecule has 0 bridgehead atoms. The summed E-state index contributed by atoms with van der Waals surface area (Å²) in [5.41, 5.74) is 1.13. The molecule has 0 N–H and O–H groups in total. The van der Waals surface area contributed by atoms with Gasteiger partial charge in [-0.15, -0.1) is 0 Å². The maximum Gasteiger partial charge on any atom is 0.231 e. The molecule has 0 fully saturated rings. The zero-order valence-electron chi connectivity index (χ0n) is 13.4. The van der Waals surface area contributed by atoms with Crippen LogP contribution >= 0.6 is 0 Å². The molecule has 0 spiro atoms. The van der Waals surface area contributed by atoms with E-state index in [2.05, 4.69) is 0 Å². The number of fused-ring (bicyclic) bond motifs is 1. The fraction of sp³-hybridized carbons (Fsp3) is 0.167. The van der Waals surface area contributed by atoms with E-state index in [1.807, 2.05) is 0 Å². The van der Waals surface area contributed by atoms with E-state index in [-0.39, 0.29) is 17.5 Å². The van der Waals surface area contributed by atoms with Gasteiger partial charge in [-0.25, -0.2) is 8.42 Å². The molecule has 0 saturated carbocycles. The van der Waals surface area contributed by atoms with Crippen molar-refractivity contribution in [2.24, 2.45) is 0 Å². The second-order valence-corrected chi connectivity index (χ2v) is 7.30. The van der Waals surface area contributed by atoms with Gasteiger partial charge < -0.3 is 14.2 Å². The zero-order chi connectivity index (χ0) is 17.9. The molecule has 25 heavy (non-hydrogen) atoms. The van der Waals surface area contributed by atoms with Crippen molar-refractivity contribution in [3.05, 3.63) is 58.5 Å². The molecule has 0 unspecified atom stereocenters. The number of sulfone groups is 1. The highest BCUT2D eigenvalue weighted by molar-refractivity contribution is 7.95. The molecule has 7 heteroatoms. The van der Waals surface area contributed by atoms with Crippen molar-refractivity contribution < 1.29 is 22.6 Å². The first kappa shape index (κ1) is 16.9. The van der Waals surface area contributed by atoms with Crippen LogP contribution in [0.2, 0.25) is 0 Å². The summed E-state index contributed by atoms with van der Waals surface area (Å²) in [6.07, 6.45) is 1.33. The quantitative estimate of drug-likeness (QED) is 0.765. The smallest absolute Gasteiger partial charge is 0.231 e. The van der Waals surface area contributed by atoms with E-state index in [0.29, 0.717) is 28.4 Å². The van der Waals surface area contributed by atoms with Crippen LogP contribution in [0.1, 0.15) is 11.1 Å². The Hall–Kier alpha value is -2.98. The second-order valence-electron chi connectivity index (χ2n) is 5.34. The molecule has 2 aromatic carbocycles. The predicted molar refractivity (Wildman–Crippen MR) is 91.8 cm³/mol.